The predicted molar refractivity (Wildman–Crippen MR) is 107 cm³/mol. The van der Waals surface area contributed by atoms with Gasteiger partial charge >= 0.3 is 0 Å². The molecule has 0 radical (unpaired) electrons. The zero-order valence-corrected chi connectivity index (χ0v) is 14.6. The first-order valence-corrected chi connectivity index (χ1v) is 8.80. The largest absolute Gasteiger partial charge is 0.494 e. The number of benzene rings is 2. The van der Waals surface area contributed by atoms with Crippen LogP contribution in [0.1, 0.15) is 40.7 Å². The van der Waals surface area contributed by atoms with Gasteiger partial charge in [-0.1, -0.05) is 12.1 Å². The maximum atomic E-state index is 13.9. The van der Waals surface area contributed by atoms with Crippen LogP contribution in [0.25, 0.3) is 0 Å². The first kappa shape index (κ1) is 8.82. The number of halogens is 1. The Hall–Kier alpha value is -2.60. The smallest absolute Gasteiger partial charge is 0.243 e. The van der Waals surface area contributed by atoms with E-state index in [9.17, 15) is 9.18 Å². The average molecular weight is 394 g/mol. The molecule has 0 spiro atoms. The van der Waals surface area contributed by atoms with E-state index in [1.807, 2.05) is 0 Å². The zero-order valence-electron chi connectivity index (χ0n) is 26.6. The van der Waals surface area contributed by atoms with Gasteiger partial charge < -0.3 is 19.9 Å². The third kappa shape index (κ3) is 3.11. The summed E-state index contributed by atoms with van der Waals surface area (Å²) in [5.74, 6) is -3.96. The molecule has 1 N–H and O–H groups in total. The number of nitrogens with one attached hydrogen (secondary N) is 1. The van der Waals surface area contributed by atoms with Gasteiger partial charge in [0.05, 0.1) is 35.4 Å². The molecule has 2 atom stereocenters. The quantitative estimate of drug-likeness (QED) is 0.847. The van der Waals surface area contributed by atoms with E-state index >= 15 is 0 Å². The van der Waals surface area contributed by atoms with E-state index < -0.39 is 79.5 Å². The number of hydrogen-bond acceptors (Lipinski definition) is 4. The van der Waals surface area contributed by atoms with Gasteiger partial charge in [0, 0.05) is 37.0 Å². The molecule has 3 aliphatic heterocycles. The van der Waals surface area contributed by atoms with Crippen LogP contribution in [0.3, 0.4) is 0 Å². The maximum Gasteiger partial charge on any atom is 0.243 e. The van der Waals surface area contributed by atoms with Crippen molar-refractivity contribution in [3.63, 3.8) is 0 Å². The Morgan fingerprint density at radius 1 is 1.36 bits per heavy atom. The van der Waals surface area contributed by atoms with Crippen LogP contribution in [0, 0.1) is 5.82 Å². The average Bonchev–Trinajstić information content (AvgIpc) is 3.23. The van der Waals surface area contributed by atoms with E-state index in [4.69, 9.17) is 21.2 Å². The SMILES string of the molecule is [2H]c1c([2H])c(OC([2H])([2H])C([2H])([2H])C([2H])([2H])N2CC[C@H]3[C@@H](C2)c2cccc4c2N3C([2H])([2H])C(=O)N4)c([2H])c([2H])c1F. The van der Waals surface area contributed by atoms with Crippen molar-refractivity contribution < 1.29 is 30.4 Å². The van der Waals surface area contributed by atoms with E-state index in [2.05, 4.69) is 5.32 Å². The monoisotopic (exact) mass is 393 g/mol. The number of ether oxygens (including phenoxy) is 1. The highest BCUT2D eigenvalue weighted by Crippen LogP contribution is 2.49. The molecule has 28 heavy (non-hydrogen) atoms. The van der Waals surface area contributed by atoms with Crippen molar-refractivity contribution in [1.29, 1.82) is 0 Å². The second-order valence-corrected chi connectivity index (χ2v) is 6.67. The highest BCUT2D eigenvalue weighted by molar-refractivity contribution is 6.03. The van der Waals surface area contributed by atoms with Crippen molar-refractivity contribution >= 4 is 17.3 Å². The summed E-state index contributed by atoms with van der Waals surface area (Å²) >= 11 is 0. The van der Waals surface area contributed by atoms with Crippen LogP contribution >= 0.6 is 0 Å². The van der Waals surface area contributed by atoms with Gasteiger partial charge in [-0.25, -0.2) is 4.39 Å². The van der Waals surface area contributed by atoms with Crippen LogP contribution in [0.5, 0.6) is 5.75 Å². The fourth-order valence-electron chi connectivity index (χ4n) is 3.97. The van der Waals surface area contributed by atoms with Gasteiger partial charge in [-0.05, 0) is 48.6 Å². The molecule has 2 aromatic rings. The molecule has 146 valence electrons. The summed E-state index contributed by atoms with van der Waals surface area (Å²) in [6, 6.07) is -0.00341. The highest BCUT2D eigenvalue weighted by Gasteiger charge is 2.44. The maximum absolute atomic E-state index is 13.9. The van der Waals surface area contributed by atoms with Crippen LogP contribution in [0.4, 0.5) is 15.8 Å². The predicted octanol–water partition coefficient (Wildman–Crippen LogP) is 3.22. The number of likely N-dealkylation sites (tertiary alicyclic amines) is 1. The lowest BCUT2D eigenvalue weighted by Crippen LogP contribution is -2.49. The molecule has 6 heteroatoms. The summed E-state index contributed by atoms with van der Waals surface area (Å²) in [5, 5.41) is 2.55. The van der Waals surface area contributed by atoms with E-state index in [0.29, 0.717) is 16.9 Å². The lowest BCUT2D eigenvalue weighted by molar-refractivity contribution is -0.115. The lowest BCUT2D eigenvalue weighted by atomic mass is 9.89. The third-order valence-electron chi connectivity index (χ3n) is 5.08. The molecule has 0 unspecified atom stereocenters. The number of anilines is 2. The van der Waals surface area contributed by atoms with Gasteiger partial charge in [-0.15, -0.1) is 0 Å². The molecule has 0 saturated carbocycles. The van der Waals surface area contributed by atoms with Crippen molar-refractivity contribution in [2.75, 3.05) is 42.9 Å². The number of piperidine rings is 1. The van der Waals surface area contributed by atoms with Gasteiger partial charge in [-0.2, -0.15) is 0 Å². The second-order valence-electron chi connectivity index (χ2n) is 6.67. The number of hydrogen-bond donors (Lipinski definition) is 1. The lowest BCUT2D eigenvalue weighted by Gasteiger charge is -2.39. The van der Waals surface area contributed by atoms with Crippen molar-refractivity contribution in [2.24, 2.45) is 0 Å². The summed E-state index contributed by atoms with van der Waals surface area (Å²) in [5.41, 5.74) is 1.49. The highest BCUT2D eigenvalue weighted by atomic mass is 19.1. The molecule has 5 rings (SSSR count). The second kappa shape index (κ2) is 7.09. The molecule has 0 aromatic heterocycles. The first-order chi connectivity index (χ1) is 18.4. The van der Waals surface area contributed by atoms with Crippen LogP contribution in [-0.4, -0.2) is 49.5 Å². The number of para-hydroxylation sites is 1. The van der Waals surface area contributed by atoms with Gasteiger partial charge in [0.15, 0.2) is 0 Å². The van der Waals surface area contributed by atoms with E-state index in [1.165, 1.54) is 4.90 Å². The molecule has 5 nitrogen and oxygen atoms in total. The number of amides is 1. The fourth-order valence-corrected chi connectivity index (χ4v) is 3.97. The normalized spacial score (nSPS) is 32.8. The molecule has 2 aromatic carbocycles. The van der Waals surface area contributed by atoms with Crippen LogP contribution in [0.2, 0.25) is 0 Å². The standard InChI is InChI=1S/C22H24FN3O2/c23-15-5-7-16(8-6-15)28-12-2-10-25-11-9-20-18(13-25)17-3-1-4-19-22(17)26(20)14-21(27)24-19/h1,3-8,18,20H,2,9-14H2,(H,24,27)/t18-,20-/m0/s1/i2D2,5D,6D,7D,8D,10D2,12D2,14D2. The Labute approximate surface area is 180 Å². The molecule has 0 aliphatic carbocycles. The van der Waals surface area contributed by atoms with E-state index in [-0.39, 0.29) is 19.5 Å². The Balaban J connectivity index is 1.47. The summed E-state index contributed by atoms with van der Waals surface area (Å²) < 4.78 is 117. The Bertz CT molecular complexity index is 1390. The van der Waals surface area contributed by atoms with Crippen molar-refractivity contribution in [3.8, 4) is 5.75 Å². The minimum absolute atomic E-state index is 0.112. The van der Waals surface area contributed by atoms with Crippen molar-refractivity contribution in [2.45, 2.75) is 24.8 Å². The van der Waals surface area contributed by atoms with E-state index in [1.54, 1.807) is 18.2 Å². The first-order valence-electron chi connectivity index (χ1n) is 14.8. The third-order valence-corrected chi connectivity index (χ3v) is 5.08. The van der Waals surface area contributed by atoms with Gasteiger partial charge in [0.25, 0.3) is 0 Å². The Morgan fingerprint density at radius 3 is 3.07 bits per heavy atom. The molecule has 1 fully saturated rings. The van der Waals surface area contributed by atoms with Gasteiger partial charge in [-0.3, -0.25) is 4.79 Å². The molecule has 1 saturated heterocycles. The fraction of sp³-hybridized carbons (Fsp3) is 0.409. The number of nitrogens with zero attached hydrogens (tertiary/aromatic N) is 2. The van der Waals surface area contributed by atoms with Crippen LogP contribution in [0.15, 0.2) is 42.4 Å². The molecule has 3 heterocycles. The number of fused-ring (bicyclic) bond motifs is 3. The number of rotatable bonds is 5. The van der Waals surface area contributed by atoms with Crippen LogP contribution < -0.4 is 15.0 Å². The zero-order chi connectivity index (χ0) is 29.7. The minimum atomic E-state index is -3.56. The summed E-state index contributed by atoms with van der Waals surface area (Å²) in [4.78, 5) is 14.9. The number of carbonyl (C=O) groups excluding carboxylic acids is 1. The molecule has 3 aliphatic rings. The summed E-state index contributed by atoms with van der Waals surface area (Å²) in [7, 11) is 0. The van der Waals surface area contributed by atoms with Gasteiger partial charge in [0.2, 0.25) is 5.91 Å². The summed E-state index contributed by atoms with van der Waals surface area (Å²) in [6.45, 7) is -9.31. The van der Waals surface area contributed by atoms with Crippen molar-refractivity contribution in [1.82, 2.24) is 4.90 Å². The van der Waals surface area contributed by atoms with Crippen LogP contribution in [-0.2, 0) is 4.79 Å². The van der Waals surface area contributed by atoms with Crippen molar-refractivity contribution in [3.05, 3.63) is 53.7 Å². The Kier molecular flexibility index (Phi) is 2.24. The molecule has 0 bridgehead atoms. The summed E-state index contributed by atoms with van der Waals surface area (Å²) in [6.07, 6.45) is -3.37. The molecular formula is C22H24FN3O2. The van der Waals surface area contributed by atoms with Gasteiger partial charge in [0.1, 0.15) is 11.6 Å². The molecule has 1 amide bonds. The molecular weight excluding hydrogens is 357 g/mol. The topological polar surface area (TPSA) is 44.8 Å². The Morgan fingerprint density at radius 2 is 2.21 bits per heavy atom. The number of carbonyl (C=O) groups is 1. The minimum Gasteiger partial charge on any atom is -0.494 e. The van der Waals surface area contributed by atoms with E-state index in [0.717, 1.165) is 4.90 Å².